The number of hydrogen-bond donors (Lipinski definition) is 0. The molecule has 0 unspecified atom stereocenters. The summed E-state index contributed by atoms with van der Waals surface area (Å²) in [6.45, 7) is 15.2. The second-order valence-corrected chi connectivity index (χ2v) is 18.0. The highest BCUT2D eigenvalue weighted by Crippen LogP contribution is 2.52. The minimum Gasteiger partial charge on any atom is -0.0727 e. The van der Waals surface area contributed by atoms with Crippen LogP contribution in [-0.4, -0.2) is 16.1 Å². The molecular formula is C22H36Si2. The Kier molecular flexibility index (Phi) is 5.01. The predicted molar refractivity (Wildman–Crippen MR) is 113 cm³/mol. The van der Waals surface area contributed by atoms with Crippen LogP contribution in [0.25, 0.3) is 0 Å². The van der Waals surface area contributed by atoms with E-state index in [1.165, 1.54) is 51.4 Å². The summed E-state index contributed by atoms with van der Waals surface area (Å²) in [6.07, 6.45) is 16.0. The van der Waals surface area contributed by atoms with E-state index in [1.54, 1.807) is 11.1 Å². The van der Waals surface area contributed by atoms with Crippen LogP contribution in [0.5, 0.6) is 0 Å². The first kappa shape index (κ1) is 18.2. The lowest BCUT2D eigenvalue weighted by atomic mass is 10.1. The van der Waals surface area contributed by atoms with Gasteiger partial charge in [-0.25, -0.2) is 0 Å². The molecule has 0 aromatic carbocycles. The normalized spacial score (nSPS) is 24.1. The quantitative estimate of drug-likeness (QED) is 0.441. The van der Waals surface area contributed by atoms with Crippen LogP contribution in [0.4, 0.5) is 0 Å². The fourth-order valence-electron chi connectivity index (χ4n) is 5.02. The van der Waals surface area contributed by atoms with E-state index < -0.39 is 16.1 Å². The second-order valence-electron chi connectivity index (χ2n) is 9.20. The van der Waals surface area contributed by atoms with E-state index in [4.69, 9.17) is 0 Å². The molecule has 0 saturated carbocycles. The minimum absolute atomic E-state index is 1.32. The second kappa shape index (κ2) is 6.60. The van der Waals surface area contributed by atoms with Crippen molar-refractivity contribution >= 4 is 16.1 Å². The molecule has 3 rings (SSSR count). The van der Waals surface area contributed by atoms with E-state index in [1.807, 2.05) is 20.8 Å². The summed E-state index contributed by atoms with van der Waals surface area (Å²) in [5.74, 6) is 0. The Hall–Kier alpha value is -0.606. The van der Waals surface area contributed by atoms with Gasteiger partial charge in [-0.1, -0.05) is 97.0 Å². The Balaban J connectivity index is 1.92. The maximum absolute atomic E-state index is 2.67. The van der Waals surface area contributed by atoms with Gasteiger partial charge in [-0.3, -0.25) is 0 Å². The van der Waals surface area contributed by atoms with Crippen molar-refractivity contribution < 1.29 is 0 Å². The van der Waals surface area contributed by atoms with Crippen molar-refractivity contribution in [3.63, 3.8) is 0 Å². The molecule has 24 heavy (non-hydrogen) atoms. The number of rotatable bonds is 6. The van der Waals surface area contributed by atoms with Crippen molar-refractivity contribution in [1.29, 1.82) is 0 Å². The van der Waals surface area contributed by atoms with Gasteiger partial charge in [0.1, 0.15) is 16.1 Å². The van der Waals surface area contributed by atoms with Crippen LogP contribution in [0.1, 0.15) is 65.2 Å². The lowest BCUT2D eigenvalue weighted by Gasteiger charge is -2.41. The van der Waals surface area contributed by atoms with Gasteiger partial charge in [0.15, 0.2) is 0 Å². The van der Waals surface area contributed by atoms with E-state index in [-0.39, 0.29) is 0 Å². The third kappa shape index (κ3) is 2.90. The lowest BCUT2D eigenvalue weighted by Crippen LogP contribution is -2.45. The minimum atomic E-state index is -1.46. The van der Waals surface area contributed by atoms with Crippen molar-refractivity contribution in [1.82, 2.24) is 0 Å². The Morgan fingerprint density at radius 2 is 1.12 bits per heavy atom. The summed E-state index contributed by atoms with van der Waals surface area (Å²) in [6, 6.07) is 0. The molecule has 132 valence electrons. The van der Waals surface area contributed by atoms with Crippen LogP contribution in [-0.2, 0) is 0 Å². The van der Waals surface area contributed by atoms with Crippen LogP contribution in [0, 0.1) is 0 Å². The molecule has 0 atom stereocenters. The van der Waals surface area contributed by atoms with Crippen molar-refractivity contribution in [2.24, 2.45) is 0 Å². The van der Waals surface area contributed by atoms with Crippen molar-refractivity contribution in [2.45, 2.75) is 91.4 Å². The summed E-state index contributed by atoms with van der Waals surface area (Å²) in [5, 5.41) is 7.54. The van der Waals surface area contributed by atoms with Gasteiger partial charge in [-0.15, -0.1) is 0 Å². The molecule has 1 aliphatic heterocycles. The Morgan fingerprint density at radius 3 is 1.50 bits per heavy atom. The molecule has 2 aliphatic carbocycles. The highest BCUT2D eigenvalue weighted by atomic mass is 28.3. The molecule has 0 bridgehead atoms. The molecule has 0 radical (unpaired) electrons. The molecule has 0 amide bonds. The summed E-state index contributed by atoms with van der Waals surface area (Å²) in [5.41, 5.74) is 3.50. The molecule has 0 aromatic rings. The molecular weight excluding hydrogens is 320 g/mol. The van der Waals surface area contributed by atoms with E-state index in [2.05, 4.69) is 52.2 Å². The summed E-state index contributed by atoms with van der Waals surface area (Å²) in [7, 11) is -2.87. The SMILES string of the molecule is CCCCC1=CC2=C(C1)[Si](C)(C)C1=C(C=C(CCCC)C1)[Si]2(C)C. The van der Waals surface area contributed by atoms with Crippen LogP contribution in [0.2, 0.25) is 26.2 Å². The van der Waals surface area contributed by atoms with E-state index in [0.29, 0.717) is 0 Å². The maximum Gasteiger partial charge on any atom is 0.111 e. The number of allylic oxidation sites excluding steroid dienone is 8. The maximum atomic E-state index is 2.67. The van der Waals surface area contributed by atoms with Crippen LogP contribution < -0.4 is 0 Å². The molecule has 2 heteroatoms. The average molecular weight is 357 g/mol. The Labute approximate surface area is 151 Å². The average Bonchev–Trinajstić information content (AvgIpc) is 3.15. The van der Waals surface area contributed by atoms with Gasteiger partial charge in [-0.05, 0) is 38.5 Å². The first-order valence-electron chi connectivity index (χ1n) is 10.2. The largest absolute Gasteiger partial charge is 0.111 e. The first-order chi connectivity index (χ1) is 11.3. The molecule has 0 nitrogen and oxygen atoms in total. The van der Waals surface area contributed by atoms with Gasteiger partial charge >= 0.3 is 0 Å². The van der Waals surface area contributed by atoms with E-state index >= 15 is 0 Å². The van der Waals surface area contributed by atoms with Gasteiger partial charge in [0, 0.05) is 0 Å². The summed E-state index contributed by atoms with van der Waals surface area (Å²) >= 11 is 0. The molecule has 0 saturated heterocycles. The standard InChI is InChI=1S/C22H36Si2/c1-7-9-11-17-13-19-20(14-17)24(5,6)22-16-18(12-10-8-2)15-21(22)23(19,3)4/h13,15H,7-12,14,16H2,1-6H3. The first-order valence-corrected chi connectivity index (χ1v) is 16.2. The highest BCUT2D eigenvalue weighted by molar-refractivity contribution is 7.02. The van der Waals surface area contributed by atoms with Gasteiger partial charge in [0.05, 0.1) is 0 Å². The van der Waals surface area contributed by atoms with Crippen LogP contribution in [0.3, 0.4) is 0 Å². The van der Waals surface area contributed by atoms with Crippen molar-refractivity contribution in [3.8, 4) is 0 Å². The number of hydrogen-bond acceptors (Lipinski definition) is 0. The monoisotopic (exact) mass is 356 g/mol. The fourth-order valence-corrected chi connectivity index (χ4v) is 15.1. The van der Waals surface area contributed by atoms with Gasteiger partial charge in [-0.2, -0.15) is 0 Å². The summed E-state index contributed by atoms with van der Waals surface area (Å²) in [4.78, 5) is 0. The number of unbranched alkanes of at least 4 members (excludes halogenated alkanes) is 2. The fraction of sp³-hybridized carbons (Fsp3) is 0.636. The topological polar surface area (TPSA) is 0 Å². The third-order valence-electron chi connectivity index (χ3n) is 6.71. The molecule has 0 fully saturated rings. The molecule has 1 heterocycles. The van der Waals surface area contributed by atoms with Crippen molar-refractivity contribution in [2.75, 3.05) is 0 Å². The van der Waals surface area contributed by atoms with E-state index in [9.17, 15) is 0 Å². The predicted octanol–water partition coefficient (Wildman–Crippen LogP) is 7.21. The Bertz CT molecular complexity index is 599. The molecule has 0 N–H and O–H groups in total. The van der Waals surface area contributed by atoms with Gasteiger partial charge in [0.25, 0.3) is 0 Å². The highest BCUT2D eigenvalue weighted by Gasteiger charge is 2.48. The smallest absolute Gasteiger partial charge is 0.0727 e. The zero-order valence-electron chi connectivity index (χ0n) is 16.8. The third-order valence-corrected chi connectivity index (χ3v) is 14.7. The molecule has 3 aliphatic rings. The van der Waals surface area contributed by atoms with Crippen molar-refractivity contribution in [3.05, 3.63) is 44.1 Å². The van der Waals surface area contributed by atoms with Gasteiger partial charge in [0.2, 0.25) is 0 Å². The lowest BCUT2D eigenvalue weighted by molar-refractivity contribution is 0.776. The summed E-state index contributed by atoms with van der Waals surface area (Å²) < 4.78 is 0. The zero-order chi connectivity index (χ0) is 17.5. The van der Waals surface area contributed by atoms with Gasteiger partial charge < -0.3 is 0 Å². The molecule has 0 aromatic heterocycles. The zero-order valence-corrected chi connectivity index (χ0v) is 18.8. The Morgan fingerprint density at radius 1 is 0.708 bits per heavy atom. The molecule has 0 spiro atoms. The van der Waals surface area contributed by atoms with Crippen LogP contribution in [0.15, 0.2) is 44.1 Å². The van der Waals surface area contributed by atoms with E-state index in [0.717, 1.165) is 0 Å². The van der Waals surface area contributed by atoms with Crippen LogP contribution >= 0.6 is 0 Å².